The van der Waals surface area contributed by atoms with Crippen molar-refractivity contribution >= 4 is 17.6 Å². The summed E-state index contributed by atoms with van der Waals surface area (Å²) in [6.45, 7) is 0. The highest BCUT2D eigenvalue weighted by Crippen LogP contribution is 2.43. The molecule has 4 atom stereocenters. The molecule has 0 radical (unpaired) electrons. The summed E-state index contributed by atoms with van der Waals surface area (Å²) in [7, 11) is 1.85. The van der Waals surface area contributed by atoms with Crippen molar-refractivity contribution in [3.8, 4) is 28.3 Å². The summed E-state index contributed by atoms with van der Waals surface area (Å²) < 4.78 is 29.4. The second kappa shape index (κ2) is 9.44. The van der Waals surface area contributed by atoms with Crippen LogP contribution < -0.4 is 4.90 Å². The van der Waals surface area contributed by atoms with E-state index in [0.717, 1.165) is 25.7 Å². The number of anilines is 1. The highest BCUT2D eigenvalue weighted by Gasteiger charge is 2.42. The molecular weight excluding hydrogens is 456 g/mol. The molecule has 1 N–H and O–H groups in total. The maximum absolute atomic E-state index is 15.1. The highest BCUT2D eigenvalue weighted by molar-refractivity contribution is 7.98. The third-order valence-electron chi connectivity index (χ3n) is 7.21. The number of rotatable bonds is 5. The minimum Gasteiger partial charge on any atom is -0.507 e. The molecule has 2 aromatic heterocycles. The molecule has 2 bridgehead atoms. The summed E-state index contributed by atoms with van der Waals surface area (Å²) in [6, 6.07) is 6.25. The number of alkyl halides is 1. The number of phenols is 1. The number of hydrogen-bond donors (Lipinski definition) is 1. The zero-order valence-corrected chi connectivity index (χ0v) is 20.0. The van der Waals surface area contributed by atoms with Gasteiger partial charge in [-0.1, -0.05) is 18.9 Å². The predicted molar refractivity (Wildman–Crippen MR) is 129 cm³/mol. The molecule has 2 saturated carbocycles. The first-order chi connectivity index (χ1) is 16.4. The molecule has 6 nitrogen and oxygen atoms in total. The van der Waals surface area contributed by atoms with Gasteiger partial charge < -0.3 is 10.0 Å². The van der Waals surface area contributed by atoms with Gasteiger partial charge in [0, 0.05) is 12.6 Å². The van der Waals surface area contributed by atoms with Gasteiger partial charge in [0.15, 0.2) is 11.6 Å². The number of nitrogens with zero attached hydrogens (tertiary/aromatic N) is 5. The third kappa shape index (κ3) is 4.33. The molecule has 0 spiro atoms. The Bertz CT molecular complexity index is 1180. The number of thioether (sulfide) groups is 1. The van der Waals surface area contributed by atoms with E-state index in [1.54, 1.807) is 24.4 Å². The fourth-order valence-electron chi connectivity index (χ4n) is 5.36. The summed E-state index contributed by atoms with van der Waals surface area (Å²) in [5.41, 5.74) is 1.27. The van der Waals surface area contributed by atoms with Crippen LogP contribution in [0.4, 0.5) is 14.6 Å². The maximum atomic E-state index is 15.1. The van der Waals surface area contributed by atoms with Crippen molar-refractivity contribution < 1.29 is 13.9 Å². The molecule has 2 heterocycles. The second-order valence-electron chi connectivity index (χ2n) is 9.23. The molecular formula is C25H27F2N5OS. The van der Waals surface area contributed by atoms with E-state index in [1.807, 2.05) is 18.2 Å². The molecule has 2 fully saturated rings. The Hall–Kier alpha value is -2.81. The molecule has 34 heavy (non-hydrogen) atoms. The van der Waals surface area contributed by atoms with Gasteiger partial charge in [-0.15, -0.1) is 22.0 Å². The summed E-state index contributed by atoms with van der Waals surface area (Å²) >= 11 is 1.41. The van der Waals surface area contributed by atoms with Crippen LogP contribution in [0.5, 0.6) is 5.75 Å². The Morgan fingerprint density at radius 2 is 1.91 bits per heavy atom. The predicted octanol–water partition coefficient (Wildman–Crippen LogP) is 5.52. The zero-order valence-electron chi connectivity index (χ0n) is 19.2. The van der Waals surface area contributed by atoms with Crippen molar-refractivity contribution in [3.05, 3.63) is 42.5 Å². The van der Waals surface area contributed by atoms with Crippen molar-refractivity contribution in [2.45, 2.75) is 49.3 Å². The lowest BCUT2D eigenvalue weighted by Gasteiger charge is -2.45. The Labute approximate surface area is 201 Å². The van der Waals surface area contributed by atoms with Crippen LogP contribution in [0.25, 0.3) is 22.5 Å². The Morgan fingerprint density at radius 3 is 2.65 bits per heavy atom. The summed E-state index contributed by atoms with van der Waals surface area (Å²) in [6.07, 6.45) is 8.81. The van der Waals surface area contributed by atoms with E-state index in [-0.39, 0.29) is 23.5 Å². The van der Waals surface area contributed by atoms with Gasteiger partial charge in [0.1, 0.15) is 17.7 Å². The van der Waals surface area contributed by atoms with Gasteiger partial charge >= 0.3 is 0 Å². The molecule has 5 rings (SSSR count). The smallest absolute Gasteiger partial charge is 0.185 e. The Kier molecular flexibility index (Phi) is 6.38. The van der Waals surface area contributed by atoms with Gasteiger partial charge in [0.05, 0.1) is 29.0 Å². The van der Waals surface area contributed by atoms with Crippen LogP contribution in [0.15, 0.2) is 41.7 Å². The third-order valence-corrected chi connectivity index (χ3v) is 7.85. The summed E-state index contributed by atoms with van der Waals surface area (Å²) in [5.74, 6) is 0.924. The Balaban J connectivity index is 1.36. The van der Waals surface area contributed by atoms with E-state index < -0.39 is 12.0 Å². The molecule has 178 valence electrons. The van der Waals surface area contributed by atoms with Gasteiger partial charge in [-0.05, 0) is 61.1 Å². The fraction of sp³-hybridized carbons (Fsp3) is 0.440. The van der Waals surface area contributed by atoms with Crippen molar-refractivity contribution in [2.75, 3.05) is 18.2 Å². The quantitative estimate of drug-likeness (QED) is 0.479. The maximum Gasteiger partial charge on any atom is 0.185 e. The first-order valence-electron chi connectivity index (χ1n) is 11.5. The number of fused-ring (bicyclic) bond motifs is 2. The lowest BCUT2D eigenvalue weighted by molar-refractivity contribution is 0.0656. The molecule has 1 aromatic carbocycles. The van der Waals surface area contributed by atoms with Gasteiger partial charge in [-0.2, -0.15) is 0 Å². The van der Waals surface area contributed by atoms with Crippen LogP contribution in [0.1, 0.15) is 32.1 Å². The van der Waals surface area contributed by atoms with Crippen molar-refractivity contribution in [3.63, 3.8) is 0 Å². The number of aromatic hydroxyl groups is 1. The molecule has 3 aromatic rings. The van der Waals surface area contributed by atoms with Gasteiger partial charge in [-0.3, -0.25) is 0 Å². The molecule has 0 unspecified atom stereocenters. The number of phenolic OH excluding ortho intramolecular Hbond substituents is 1. The first kappa shape index (κ1) is 23.0. The molecule has 2 aliphatic rings. The van der Waals surface area contributed by atoms with E-state index in [2.05, 4.69) is 20.2 Å². The van der Waals surface area contributed by atoms with E-state index >= 15 is 4.39 Å². The second-order valence-corrected chi connectivity index (χ2v) is 10.1. The molecule has 2 aliphatic carbocycles. The largest absolute Gasteiger partial charge is 0.507 e. The number of benzene rings is 1. The first-order valence-corrected chi connectivity index (χ1v) is 12.8. The minimum absolute atomic E-state index is 0.0775. The van der Waals surface area contributed by atoms with Crippen molar-refractivity contribution in [1.29, 1.82) is 0 Å². The molecule has 9 heteroatoms. The number of aromatic nitrogens is 4. The number of halogens is 2. The van der Waals surface area contributed by atoms with Gasteiger partial charge in [0.25, 0.3) is 0 Å². The zero-order chi connectivity index (χ0) is 23.8. The van der Waals surface area contributed by atoms with Gasteiger partial charge in [-0.25, -0.2) is 18.7 Å². The van der Waals surface area contributed by atoms with Crippen LogP contribution >= 0.6 is 11.8 Å². The van der Waals surface area contributed by atoms with E-state index in [1.165, 1.54) is 30.4 Å². The van der Waals surface area contributed by atoms with Crippen LogP contribution in [0.2, 0.25) is 0 Å². The van der Waals surface area contributed by atoms with E-state index in [9.17, 15) is 9.50 Å². The van der Waals surface area contributed by atoms with Crippen molar-refractivity contribution in [2.24, 2.45) is 11.8 Å². The average Bonchev–Trinajstić information content (AvgIpc) is 2.86. The van der Waals surface area contributed by atoms with Crippen LogP contribution in [0.3, 0.4) is 0 Å². The average molecular weight is 484 g/mol. The minimum atomic E-state index is -0.875. The Morgan fingerprint density at radius 1 is 1.06 bits per heavy atom. The fourth-order valence-corrected chi connectivity index (χ4v) is 5.75. The van der Waals surface area contributed by atoms with Crippen LogP contribution in [0, 0.1) is 17.7 Å². The van der Waals surface area contributed by atoms with E-state index in [4.69, 9.17) is 0 Å². The van der Waals surface area contributed by atoms with Crippen LogP contribution in [-0.2, 0) is 0 Å². The molecule has 0 aliphatic heterocycles. The summed E-state index contributed by atoms with van der Waals surface area (Å²) in [5, 5.41) is 19.8. The standard InChI is InChI=1S/C25H27F2N5OS/c1-32(20-9-14-4-3-5-16(8-14)24(20)27)22-13-29-25(31-30-22)17-7-6-15(10-21(17)33)18-11-23(34-2)28-12-19(18)26/h6-7,10-14,16,20,24,33H,3-5,8-9H2,1-2H3/t14-,16+,20+,24-/m0/s1. The monoisotopic (exact) mass is 483 g/mol. The number of pyridine rings is 1. The topological polar surface area (TPSA) is 75.0 Å². The number of hydrogen-bond acceptors (Lipinski definition) is 7. The lowest BCUT2D eigenvalue weighted by atomic mass is 9.69. The van der Waals surface area contributed by atoms with Crippen molar-refractivity contribution in [1.82, 2.24) is 20.2 Å². The summed E-state index contributed by atoms with van der Waals surface area (Å²) in [4.78, 5) is 10.3. The highest BCUT2D eigenvalue weighted by atomic mass is 32.2. The SMILES string of the molecule is CSc1cc(-c2ccc(-c3ncc(N(C)[C@@H]4C[C@H]5CCC[C@H](C5)[C@@H]4F)nn3)c(O)c2)c(F)cn1. The molecule has 0 saturated heterocycles. The molecule has 0 amide bonds. The lowest BCUT2D eigenvalue weighted by Crippen LogP contribution is -2.49. The van der Waals surface area contributed by atoms with Crippen LogP contribution in [-0.4, -0.2) is 50.8 Å². The van der Waals surface area contributed by atoms with E-state index in [0.29, 0.717) is 33.5 Å². The van der Waals surface area contributed by atoms with Gasteiger partial charge in [0.2, 0.25) is 0 Å². The normalized spacial score (nSPS) is 24.1.